The monoisotopic (exact) mass is 258 g/mol. The maximum Gasteiger partial charge on any atom is 0.227 e. The van der Waals surface area contributed by atoms with Gasteiger partial charge in [0.2, 0.25) is 5.91 Å². The highest BCUT2D eigenvalue weighted by Gasteiger charge is 2.39. The number of carbonyl (C=O) groups excluding carboxylic acids is 1. The van der Waals surface area contributed by atoms with E-state index in [1.807, 2.05) is 19.1 Å². The van der Waals surface area contributed by atoms with Crippen LogP contribution in [0.3, 0.4) is 0 Å². The van der Waals surface area contributed by atoms with Crippen LogP contribution in [0, 0.1) is 16.7 Å². The van der Waals surface area contributed by atoms with Crippen molar-refractivity contribution in [2.75, 3.05) is 30.8 Å². The van der Waals surface area contributed by atoms with Crippen molar-refractivity contribution in [2.45, 2.75) is 13.3 Å². The van der Waals surface area contributed by atoms with Gasteiger partial charge in [-0.25, -0.2) is 0 Å². The molecule has 1 aromatic carbocycles. The molecule has 0 radical (unpaired) electrons. The van der Waals surface area contributed by atoms with Crippen LogP contribution in [0.1, 0.15) is 18.9 Å². The molecule has 1 fully saturated rings. The molecule has 3 N–H and O–H groups in total. The summed E-state index contributed by atoms with van der Waals surface area (Å²) in [7, 11) is 1.66. The van der Waals surface area contributed by atoms with Crippen molar-refractivity contribution in [1.29, 1.82) is 5.26 Å². The van der Waals surface area contributed by atoms with E-state index in [1.165, 1.54) is 0 Å². The fourth-order valence-electron chi connectivity index (χ4n) is 2.52. The Morgan fingerprint density at radius 3 is 2.89 bits per heavy atom. The molecule has 0 aliphatic carbocycles. The van der Waals surface area contributed by atoms with Crippen molar-refractivity contribution in [3.63, 3.8) is 0 Å². The Kier molecular flexibility index (Phi) is 3.34. The fraction of sp³-hybridized carbons (Fsp3) is 0.429. The van der Waals surface area contributed by atoms with Gasteiger partial charge in [-0.2, -0.15) is 5.26 Å². The highest BCUT2D eigenvalue weighted by molar-refractivity contribution is 5.83. The molecule has 2 rings (SSSR count). The second kappa shape index (κ2) is 4.81. The molecule has 0 bridgehead atoms. The van der Waals surface area contributed by atoms with Crippen LogP contribution >= 0.6 is 0 Å². The van der Waals surface area contributed by atoms with Crippen LogP contribution in [0.25, 0.3) is 0 Å². The molecule has 1 aromatic rings. The number of rotatable bonds is 2. The zero-order chi connectivity index (χ0) is 14.0. The Hall–Kier alpha value is -2.22. The highest BCUT2D eigenvalue weighted by atomic mass is 16.2. The average molecular weight is 258 g/mol. The van der Waals surface area contributed by atoms with E-state index in [0.717, 1.165) is 18.7 Å². The molecule has 19 heavy (non-hydrogen) atoms. The molecule has 1 aliphatic heterocycles. The molecule has 100 valence electrons. The number of nitrogens with one attached hydrogen (secondary N) is 1. The van der Waals surface area contributed by atoms with E-state index < -0.39 is 0 Å². The van der Waals surface area contributed by atoms with Crippen molar-refractivity contribution in [3.8, 4) is 6.07 Å². The Labute approximate surface area is 113 Å². The zero-order valence-corrected chi connectivity index (χ0v) is 11.2. The van der Waals surface area contributed by atoms with Crippen LogP contribution in [0.2, 0.25) is 0 Å². The number of hydrogen-bond donors (Lipinski definition) is 2. The number of amides is 1. The first-order valence-corrected chi connectivity index (χ1v) is 6.27. The Morgan fingerprint density at radius 1 is 1.58 bits per heavy atom. The van der Waals surface area contributed by atoms with Gasteiger partial charge in [-0.3, -0.25) is 4.79 Å². The smallest absolute Gasteiger partial charge is 0.227 e. The molecule has 0 saturated carbocycles. The summed E-state index contributed by atoms with van der Waals surface area (Å²) in [5.74, 6) is 0.0663. The van der Waals surface area contributed by atoms with E-state index in [1.54, 1.807) is 19.2 Å². The fourth-order valence-corrected chi connectivity index (χ4v) is 2.52. The minimum absolute atomic E-state index is 0.0663. The van der Waals surface area contributed by atoms with Gasteiger partial charge in [0.15, 0.2) is 0 Å². The molecule has 0 spiro atoms. The maximum absolute atomic E-state index is 11.9. The summed E-state index contributed by atoms with van der Waals surface area (Å²) in [5.41, 5.74) is 7.39. The molecule has 1 saturated heterocycles. The van der Waals surface area contributed by atoms with Crippen molar-refractivity contribution in [3.05, 3.63) is 23.8 Å². The number of nitriles is 1. The third kappa shape index (κ3) is 2.34. The Morgan fingerprint density at radius 2 is 2.32 bits per heavy atom. The molecular weight excluding hydrogens is 240 g/mol. The lowest BCUT2D eigenvalue weighted by atomic mass is 9.89. The predicted octanol–water partition coefficient (Wildman–Crippen LogP) is 1.10. The number of nitrogens with zero attached hydrogens (tertiary/aromatic N) is 2. The molecule has 5 heteroatoms. The molecule has 1 atom stereocenters. The quantitative estimate of drug-likeness (QED) is 0.778. The minimum atomic E-state index is -0.364. The maximum atomic E-state index is 11.9. The lowest BCUT2D eigenvalue weighted by molar-refractivity contribution is -0.128. The lowest BCUT2D eigenvalue weighted by Crippen LogP contribution is -2.39. The van der Waals surface area contributed by atoms with E-state index >= 15 is 0 Å². The van der Waals surface area contributed by atoms with Crippen molar-refractivity contribution in [1.82, 2.24) is 5.32 Å². The molecule has 0 aromatic heterocycles. The van der Waals surface area contributed by atoms with Crippen molar-refractivity contribution >= 4 is 17.3 Å². The van der Waals surface area contributed by atoms with E-state index in [4.69, 9.17) is 11.0 Å². The van der Waals surface area contributed by atoms with Gasteiger partial charge >= 0.3 is 0 Å². The largest absolute Gasteiger partial charge is 0.398 e. The Bertz CT molecular complexity index is 549. The van der Waals surface area contributed by atoms with Gasteiger partial charge in [0, 0.05) is 25.8 Å². The SMILES string of the molecule is CNC(=O)C1(C)CCN(c2ccc(C#N)c(N)c2)C1. The number of nitrogen functional groups attached to an aromatic ring is 1. The summed E-state index contributed by atoms with van der Waals surface area (Å²) < 4.78 is 0. The van der Waals surface area contributed by atoms with Crippen LogP contribution < -0.4 is 16.0 Å². The molecule has 1 aliphatic rings. The van der Waals surface area contributed by atoms with Gasteiger partial charge < -0.3 is 16.0 Å². The van der Waals surface area contributed by atoms with Gasteiger partial charge in [0.1, 0.15) is 6.07 Å². The van der Waals surface area contributed by atoms with Crippen LogP contribution in [0.5, 0.6) is 0 Å². The second-order valence-corrected chi connectivity index (χ2v) is 5.19. The molecule has 5 nitrogen and oxygen atoms in total. The molecular formula is C14H18N4O. The summed E-state index contributed by atoms with van der Waals surface area (Å²) in [5, 5.41) is 11.6. The number of hydrogen-bond acceptors (Lipinski definition) is 4. The predicted molar refractivity (Wildman–Crippen MR) is 74.6 cm³/mol. The van der Waals surface area contributed by atoms with Crippen molar-refractivity contribution in [2.24, 2.45) is 5.41 Å². The second-order valence-electron chi connectivity index (χ2n) is 5.19. The van der Waals surface area contributed by atoms with Crippen LogP contribution in [0.4, 0.5) is 11.4 Å². The van der Waals surface area contributed by atoms with E-state index in [0.29, 0.717) is 17.8 Å². The summed E-state index contributed by atoms with van der Waals surface area (Å²) >= 11 is 0. The summed E-state index contributed by atoms with van der Waals surface area (Å²) in [6.45, 7) is 3.45. The minimum Gasteiger partial charge on any atom is -0.398 e. The molecule has 1 heterocycles. The average Bonchev–Trinajstić information content (AvgIpc) is 2.81. The topological polar surface area (TPSA) is 82.2 Å². The van der Waals surface area contributed by atoms with Gasteiger partial charge in [-0.05, 0) is 31.5 Å². The first-order valence-electron chi connectivity index (χ1n) is 6.27. The van der Waals surface area contributed by atoms with Crippen LogP contribution in [0.15, 0.2) is 18.2 Å². The van der Waals surface area contributed by atoms with Crippen LogP contribution in [-0.2, 0) is 4.79 Å². The molecule has 1 unspecified atom stereocenters. The van der Waals surface area contributed by atoms with Gasteiger partial charge in [-0.15, -0.1) is 0 Å². The standard InChI is InChI=1S/C14H18N4O/c1-14(13(19)17-2)5-6-18(9-14)11-4-3-10(8-15)12(16)7-11/h3-4,7H,5-6,9,16H2,1-2H3,(H,17,19). The van der Waals surface area contributed by atoms with E-state index in [9.17, 15) is 4.79 Å². The first kappa shape index (κ1) is 13.2. The summed E-state index contributed by atoms with van der Waals surface area (Å²) in [6, 6.07) is 7.45. The van der Waals surface area contributed by atoms with Gasteiger partial charge in [0.25, 0.3) is 0 Å². The summed E-state index contributed by atoms with van der Waals surface area (Å²) in [4.78, 5) is 14.0. The number of carbonyl (C=O) groups is 1. The van der Waals surface area contributed by atoms with E-state index in [-0.39, 0.29) is 11.3 Å². The lowest BCUT2D eigenvalue weighted by Gasteiger charge is -2.24. The van der Waals surface area contributed by atoms with Crippen molar-refractivity contribution < 1.29 is 4.79 Å². The number of nitrogens with two attached hydrogens (primary N) is 1. The summed E-state index contributed by atoms with van der Waals surface area (Å²) in [6.07, 6.45) is 0.812. The highest BCUT2D eigenvalue weighted by Crippen LogP contribution is 2.34. The Balaban J connectivity index is 2.20. The normalized spacial score (nSPS) is 22.1. The number of benzene rings is 1. The van der Waals surface area contributed by atoms with Gasteiger partial charge in [0.05, 0.1) is 16.7 Å². The van der Waals surface area contributed by atoms with E-state index in [2.05, 4.69) is 10.2 Å². The van der Waals surface area contributed by atoms with Crippen LogP contribution in [-0.4, -0.2) is 26.0 Å². The third-order valence-corrected chi connectivity index (χ3v) is 3.77. The number of anilines is 2. The van der Waals surface area contributed by atoms with Gasteiger partial charge in [-0.1, -0.05) is 0 Å². The third-order valence-electron chi connectivity index (χ3n) is 3.77. The molecule has 1 amide bonds. The first-order chi connectivity index (χ1) is 9.00. The zero-order valence-electron chi connectivity index (χ0n) is 11.2.